The molecule has 0 saturated heterocycles. The van der Waals surface area contributed by atoms with Crippen molar-refractivity contribution in [1.82, 2.24) is 9.80 Å². The summed E-state index contributed by atoms with van der Waals surface area (Å²) in [5.41, 5.74) is 1.63. The zero-order valence-corrected chi connectivity index (χ0v) is 30.7. The van der Waals surface area contributed by atoms with E-state index in [4.69, 9.17) is 23.7 Å². The minimum absolute atomic E-state index is 0.0596. The van der Waals surface area contributed by atoms with Crippen LogP contribution in [-0.2, 0) is 49.9 Å². The molecule has 0 radical (unpaired) electrons. The number of nitrogens with one attached hydrogen (secondary N) is 1. The molecule has 2 aromatic carbocycles. The molecule has 3 heterocycles. The Morgan fingerprint density at radius 3 is 2.26 bits per heavy atom. The van der Waals surface area contributed by atoms with Crippen molar-refractivity contribution < 1.29 is 42.9 Å². The SMILES string of the molecule is COCOc1cccc2c1CN(CC1Cc3c(sc(NC(=O)C(=O)OC(C)(C)C)c3C(=O)OC(C)(C)C)CN1Cc1ccc(OC)cc1)C2=O. The lowest BCUT2D eigenvalue weighted by atomic mass is 9.95. The minimum atomic E-state index is -1.06. The molecule has 2 aliphatic heterocycles. The molecule has 13 heteroatoms. The van der Waals surface area contributed by atoms with Crippen molar-refractivity contribution in [2.75, 3.05) is 32.9 Å². The molecular weight excluding hydrogens is 662 g/mol. The van der Waals surface area contributed by atoms with Crippen LogP contribution in [0.4, 0.5) is 5.00 Å². The Labute approximate surface area is 296 Å². The van der Waals surface area contributed by atoms with Crippen molar-refractivity contribution >= 4 is 40.1 Å². The highest BCUT2D eigenvalue weighted by molar-refractivity contribution is 7.17. The van der Waals surface area contributed by atoms with E-state index in [2.05, 4.69) is 10.2 Å². The van der Waals surface area contributed by atoms with Gasteiger partial charge >= 0.3 is 17.8 Å². The summed E-state index contributed by atoms with van der Waals surface area (Å²) in [6, 6.07) is 13.0. The molecule has 0 fully saturated rings. The van der Waals surface area contributed by atoms with Crippen molar-refractivity contribution in [2.45, 2.75) is 84.8 Å². The summed E-state index contributed by atoms with van der Waals surface area (Å²) in [4.78, 5) is 58.1. The van der Waals surface area contributed by atoms with Crippen LogP contribution in [0.5, 0.6) is 11.5 Å². The van der Waals surface area contributed by atoms with Crippen LogP contribution in [0.2, 0.25) is 0 Å². The summed E-state index contributed by atoms with van der Waals surface area (Å²) in [7, 11) is 3.16. The van der Waals surface area contributed by atoms with Gasteiger partial charge in [0.25, 0.3) is 5.91 Å². The third-order valence-electron chi connectivity index (χ3n) is 8.12. The molecule has 0 spiro atoms. The number of carbonyl (C=O) groups is 4. The van der Waals surface area contributed by atoms with Gasteiger partial charge in [-0.25, -0.2) is 9.59 Å². The molecule has 1 unspecified atom stereocenters. The van der Waals surface area contributed by atoms with Crippen LogP contribution in [0.1, 0.15) is 83.8 Å². The average Bonchev–Trinajstić information content (AvgIpc) is 3.55. The van der Waals surface area contributed by atoms with Crippen LogP contribution in [0.25, 0.3) is 0 Å². The van der Waals surface area contributed by atoms with Gasteiger partial charge in [0.05, 0.1) is 19.2 Å². The van der Waals surface area contributed by atoms with Gasteiger partial charge in [-0.15, -0.1) is 11.3 Å². The van der Waals surface area contributed by atoms with Gasteiger partial charge < -0.3 is 33.9 Å². The summed E-state index contributed by atoms with van der Waals surface area (Å²) >= 11 is 1.23. The molecule has 2 amide bonds. The zero-order chi connectivity index (χ0) is 36.4. The number of carbonyl (C=O) groups excluding carboxylic acids is 4. The predicted octanol–water partition coefficient (Wildman–Crippen LogP) is 5.56. The monoisotopic (exact) mass is 707 g/mol. The van der Waals surface area contributed by atoms with Crippen LogP contribution in [0.3, 0.4) is 0 Å². The lowest BCUT2D eigenvalue weighted by Gasteiger charge is -2.38. The van der Waals surface area contributed by atoms with Crippen LogP contribution < -0.4 is 14.8 Å². The maximum absolute atomic E-state index is 13.8. The highest BCUT2D eigenvalue weighted by atomic mass is 32.1. The largest absolute Gasteiger partial charge is 0.497 e. The number of hydrogen-bond acceptors (Lipinski definition) is 11. The van der Waals surface area contributed by atoms with E-state index in [0.717, 1.165) is 21.8 Å². The molecule has 2 aliphatic rings. The maximum atomic E-state index is 13.8. The fourth-order valence-corrected chi connectivity index (χ4v) is 7.24. The Kier molecular flexibility index (Phi) is 10.9. The standard InChI is InChI=1S/C37H45N3O9S/c1-36(2,3)48-34(43)30-26-16-23(18-40-19-27-25(33(40)42)10-9-11-28(27)47-21-45-7)39(17-22-12-14-24(46-8)15-13-22)20-29(26)50-32(30)38-31(41)35(44)49-37(4,5)6/h9-15,23H,16-21H2,1-8H3,(H,38,41). The quantitative estimate of drug-likeness (QED) is 0.162. The van der Waals surface area contributed by atoms with Gasteiger partial charge in [0, 0.05) is 48.8 Å². The first-order chi connectivity index (χ1) is 23.6. The summed E-state index contributed by atoms with van der Waals surface area (Å²) in [5.74, 6) is -1.43. The molecular formula is C37H45N3O9S. The summed E-state index contributed by atoms with van der Waals surface area (Å²) in [5, 5.41) is 2.86. The van der Waals surface area contributed by atoms with E-state index in [0.29, 0.717) is 49.5 Å². The number of amides is 2. The van der Waals surface area contributed by atoms with Crippen molar-refractivity contribution in [3.8, 4) is 11.5 Å². The van der Waals surface area contributed by atoms with Gasteiger partial charge in [0.1, 0.15) is 27.7 Å². The Morgan fingerprint density at radius 2 is 1.62 bits per heavy atom. The Bertz CT molecular complexity index is 1750. The van der Waals surface area contributed by atoms with E-state index in [1.54, 1.807) is 72.8 Å². The molecule has 0 bridgehead atoms. The third-order valence-corrected chi connectivity index (χ3v) is 9.25. The summed E-state index contributed by atoms with van der Waals surface area (Å²) < 4.78 is 27.3. The Balaban J connectivity index is 1.50. The number of methoxy groups -OCH3 is 2. The smallest absolute Gasteiger partial charge is 0.397 e. The first-order valence-electron chi connectivity index (χ1n) is 16.4. The molecule has 50 heavy (non-hydrogen) atoms. The second-order valence-electron chi connectivity index (χ2n) is 14.3. The minimum Gasteiger partial charge on any atom is -0.497 e. The van der Waals surface area contributed by atoms with Gasteiger partial charge in [-0.3, -0.25) is 14.5 Å². The molecule has 0 aliphatic carbocycles. The highest BCUT2D eigenvalue weighted by Gasteiger charge is 2.39. The van der Waals surface area contributed by atoms with E-state index >= 15 is 0 Å². The molecule has 1 N–H and O–H groups in total. The molecule has 0 saturated carbocycles. The van der Waals surface area contributed by atoms with Gasteiger partial charge in [0.15, 0.2) is 6.79 Å². The number of nitrogens with zero attached hydrogens (tertiary/aromatic N) is 2. The fourth-order valence-electron chi connectivity index (χ4n) is 6.00. The number of ether oxygens (including phenoxy) is 5. The van der Waals surface area contributed by atoms with E-state index in [-0.39, 0.29) is 29.3 Å². The van der Waals surface area contributed by atoms with Crippen LogP contribution in [0, 0.1) is 0 Å². The van der Waals surface area contributed by atoms with Crippen molar-refractivity contribution in [3.63, 3.8) is 0 Å². The second-order valence-corrected chi connectivity index (χ2v) is 15.4. The van der Waals surface area contributed by atoms with E-state index < -0.39 is 29.0 Å². The van der Waals surface area contributed by atoms with Crippen molar-refractivity contribution in [2.24, 2.45) is 0 Å². The van der Waals surface area contributed by atoms with Gasteiger partial charge in [-0.1, -0.05) is 18.2 Å². The van der Waals surface area contributed by atoms with E-state index in [1.807, 2.05) is 30.3 Å². The van der Waals surface area contributed by atoms with Crippen molar-refractivity contribution in [3.05, 3.63) is 75.2 Å². The topological polar surface area (TPSA) is 133 Å². The molecule has 1 atom stereocenters. The van der Waals surface area contributed by atoms with Gasteiger partial charge in [-0.05, 0) is 83.4 Å². The Hall–Kier alpha value is -4.46. The number of benzene rings is 2. The van der Waals surface area contributed by atoms with Crippen LogP contribution in [-0.4, -0.2) is 78.4 Å². The van der Waals surface area contributed by atoms with Crippen molar-refractivity contribution in [1.29, 1.82) is 0 Å². The van der Waals surface area contributed by atoms with Gasteiger partial charge in [-0.2, -0.15) is 0 Å². The zero-order valence-electron chi connectivity index (χ0n) is 29.8. The second kappa shape index (κ2) is 14.8. The lowest BCUT2D eigenvalue weighted by molar-refractivity contribution is -0.161. The first-order valence-corrected chi connectivity index (χ1v) is 17.2. The molecule has 5 rings (SSSR count). The molecule has 3 aromatic rings. The number of rotatable bonds is 10. The average molecular weight is 708 g/mol. The third kappa shape index (κ3) is 8.63. The molecule has 268 valence electrons. The maximum Gasteiger partial charge on any atom is 0.397 e. The Morgan fingerprint density at radius 1 is 0.920 bits per heavy atom. The number of thiophene rings is 1. The van der Waals surface area contributed by atoms with Gasteiger partial charge in [0.2, 0.25) is 0 Å². The predicted molar refractivity (Wildman–Crippen MR) is 187 cm³/mol. The fraction of sp³-hybridized carbons (Fsp3) is 0.459. The van der Waals surface area contributed by atoms with E-state index in [9.17, 15) is 19.2 Å². The molecule has 12 nitrogen and oxygen atoms in total. The lowest BCUT2D eigenvalue weighted by Crippen LogP contribution is -2.47. The molecule has 1 aromatic heterocycles. The number of esters is 2. The number of hydrogen-bond donors (Lipinski definition) is 1. The first kappa shape index (κ1) is 36.8. The highest BCUT2D eigenvalue weighted by Crippen LogP contribution is 2.41. The number of anilines is 1. The van der Waals surface area contributed by atoms with Crippen LogP contribution >= 0.6 is 11.3 Å². The summed E-state index contributed by atoms with van der Waals surface area (Å²) in [6.45, 7) is 12.1. The van der Waals surface area contributed by atoms with E-state index in [1.165, 1.54) is 11.3 Å². The summed E-state index contributed by atoms with van der Waals surface area (Å²) in [6.07, 6.45) is 0.381. The normalized spacial score (nSPS) is 16.0. The number of fused-ring (bicyclic) bond motifs is 2. The van der Waals surface area contributed by atoms with Crippen LogP contribution in [0.15, 0.2) is 42.5 Å².